The third-order valence-corrected chi connectivity index (χ3v) is 6.81. The molecule has 23 heavy (non-hydrogen) atoms. The number of hydrogen-bond acceptors (Lipinski definition) is 5. The molecule has 124 valence electrons. The first-order chi connectivity index (χ1) is 10.8. The Morgan fingerprint density at radius 2 is 2.17 bits per heavy atom. The lowest BCUT2D eigenvalue weighted by molar-refractivity contribution is 0.249. The maximum Gasteiger partial charge on any atom is 0.319 e. The highest BCUT2D eigenvalue weighted by Crippen LogP contribution is 2.29. The number of hydrogen-bond donors (Lipinski definition) is 2. The molecule has 0 bridgehead atoms. The molecule has 1 fully saturated rings. The molecule has 6 nitrogen and oxygen atoms in total. The Morgan fingerprint density at radius 1 is 1.39 bits per heavy atom. The van der Waals surface area contributed by atoms with E-state index in [0.717, 1.165) is 15.2 Å². The van der Waals surface area contributed by atoms with Crippen LogP contribution in [0.4, 0.5) is 10.5 Å². The molecule has 0 radical (unpaired) electrons. The van der Waals surface area contributed by atoms with Gasteiger partial charge in [-0.05, 0) is 24.6 Å². The summed E-state index contributed by atoms with van der Waals surface area (Å²) in [7, 11) is -3.00. The van der Waals surface area contributed by atoms with Crippen molar-refractivity contribution in [3.63, 3.8) is 0 Å². The first kappa shape index (κ1) is 16.2. The van der Waals surface area contributed by atoms with Crippen LogP contribution in [0.25, 0.3) is 10.2 Å². The number of thiazole rings is 1. The van der Waals surface area contributed by atoms with Gasteiger partial charge in [-0.15, -0.1) is 11.3 Å². The second kappa shape index (κ2) is 6.09. The van der Waals surface area contributed by atoms with Crippen molar-refractivity contribution < 1.29 is 13.2 Å². The van der Waals surface area contributed by atoms with Crippen molar-refractivity contribution in [2.75, 3.05) is 16.8 Å². The lowest BCUT2D eigenvalue weighted by Crippen LogP contribution is -2.38. The second-order valence-electron chi connectivity index (χ2n) is 6.09. The van der Waals surface area contributed by atoms with Gasteiger partial charge >= 0.3 is 6.03 Å². The summed E-state index contributed by atoms with van der Waals surface area (Å²) in [6, 6.07) is 4.90. The Balaban J connectivity index is 1.67. The fraction of sp³-hybridized carbons (Fsp3) is 0.467. The van der Waals surface area contributed by atoms with Crippen LogP contribution in [-0.4, -0.2) is 37.0 Å². The summed E-state index contributed by atoms with van der Waals surface area (Å²) in [5.41, 5.74) is 1.60. The van der Waals surface area contributed by atoms with E-state index in [0.29, 0.717) is 18.0 Å². The van der Waals surface area contributed by atoms with Crippen molar-refractivity contribution in [2.45, 2.75) is 32.2 Å². The number of rotatable bonds is 3. The number of urea groups is 1. The van der Waals surface area contributed by atoms with Gasteiger partial charge in [-0.2, -0.15) is 0 Å². The van der Waals surface area contributed by atoms with Gasteiger partial charge in [0.25, 0.3) is 0 Å². The number of sulfone groups is 1. The molecule has 1 saturated heterocycles. The highest BCUT2D eigenvalue weighted by atomic mass is 32.2. The number of nitrogens with zero attached hydrogens (tertiary/aromatic N) is 1. The van der Waals surface area contributed by atoms with Crippen molar-refractivity contribution in [1.29, 1.82) is 0 Å². The second-order valence-corrected chi connectivity index (χ2v) is 9.38. The molecule has 0 unspecified atom stereocenters. The number of aromatic nitrogens is 1. The molecule has 1 aliphatic rings. The van der Waals surface area contributed by atoms with Crippen molar-refractivity contribution in [1.82, 2.24) is 10.3 Å². The smallest absolute Gasteiger partial charge is 0.319 e. The number of benzene rings is 1. The summed E-state index contributed by atoms with van der Waals surface area (Å²) >= 11 is 1.62. The van der Waals surface area contributed by atoms with E-state index in [1.165, 1.54) is 0 Å². The van der Waals surface area contributed by atoms with Crippen LogP contribution in [0.2, 0.25) is 0 Å². The molecule has 2 aromatic rings. The van der Waals surface area contributed by atoms with E-state index in [2.05, 4.69) is 29.5 Å². The Bertz CT molecular complexity index is 843. The minimum atomic E-state index is -3.00. The van der Waals surface area contributed by atoms with Gasteiger partial charge in [0.05, 0.1) is 26.7 Å². The highest BCUT2D eigenvalue weighted by molar-refractivity contribution is 7.91. The monoisotopic (exact) mass is 353 g/mol. The van der Waals surface area contributed by atoms with Crippen LogP contribution < -0.4 is 10.6 Å². The van der Waals surface area contributed by atoms with Gasteiger partial charge in [0, 0.05) is 17.6 Å². The minimum Gasteiger partial charge on any atom is -0.334 e. The molecule has 1 aromatic carbocycles. The third-order valence-electron chi connectivity index (χ3n) is 3.72. The SMILES string of the molecule is CC(C)c1nc2ccc(NC(=O)N[C@H]3CCS(=O)(=O)C3)cc2s1. The Hall–Kier alpha value is -1.67. The topological polar surface area (TPSA) is 88.2 Å². The zero-order chi connectivity index (χ0) is 16.6. The van der Waals surface area contributed by atoms with E-state index < -0.39 is 9.84 Å². The molecule has 2 N–H and O–H groups in total. The average molecular weight is 353 g/mol. The molecule has 2 heterocycles. The quantitative estimate of drug-likeness (QED) is 0.888. The largest absolute Gasteiger partial charge is 0.334 e. The van der Waals surface area contributed by atoms with Crippen LogP contribution in [0.5, 0.6) is 0 Å². The lowest BCUT2D eigenvalue weighted by Gasteiger charge is -2.12. The molecule has 1 aliphatic heterocycles. The summed E-state index contributed by atoms with van der Waals surface area (Å²) < 4.78 is 23.8. The van der Waals surface area contributed by atoms with Crippen molar-refractivity contribution >= 4 is 43.1 Å². The van der Waals surface area contributed by atoms with Crippen LogP contribution >= 0.6 is 11.3 Å². The molecule has 1 atom stereocenters. The summed E-state index contributed by atoms with van der Waals surface area (Å²) in [6.07, 6.45) is 0.474. The highest BCUT2D eigenvalue weighted by Gasteiger charge is 2.28. The molecule has 0 aliphatic carbocycles. The number of amides is 2. The standard InChI is InChI=1S/C15H19N3O3S2/c1-9(2)14-18-12-4-3-10(7-13(12)22-14)16-15(19)17-11-5-6-23(20,21)8-11/h3-4,7,9,11H,5-6,8H2,1-2H3,(H2,16,17,19)/t11-/m0/s1. The Labute approximate surface area is 139 Å². The van der Waals surface area contributed by atoms with E-state index >= 15 is 0 Å². The van der Waals surface area contributed by atoms with Crippen molar-refractivity contribution in [3.05, 3.63) is 23.2 Å². The summed E-state index contributed by atoms with van der Waals surface area (Å²) in [5.74, 6) is 0.533. The van der Waals surface area contributed by atoms with Gasteiger partial charge in [0.15, 0.2) is 9.84 Å². The zero-order valence-corrected chi connectivity index (χ0v) is 14.6. The Kier molecular flexibility index (Phi) is 4.29. The van der Waals surface area contributed by atoms with E-state index in [-0.39, 0.29) is 23.6 Å². The van der Waals surface area contributed by atoms with E-state index in [1.54, 1.807) is 17.4 Å². The fourth-order valence-electron chi connectivity index (χ4n) is 2.53. The molecular weight excluding hydrogens is 334 g/mol. The van der Waals surface area contributed by atoms with E-state index in [4.69, 9.17) is 0 Å². The number of carbonyl (C=O) groups is 1. The number of fused-ring (bicyclic) bond motifs is 1. The maximum absolute atomic E-state index is 12.0. The average Bonchev–Trinajstić information content (AvgIpc) is 3.01. The number of nitrogens with one attached hydrogen (secondary N) is 2. The maximum atomic E-state index is 12.0. The van der Waals surface area contributed by atoms with Gasteiger partial charge in [-0.1, -0.05) is 13.8 Å². The lowest BCUT2D eigenvalue weighted by atomic mass is 10.2. The molecule has 1 aromatic heterocycles. The van der Waals surface area contributed by atoms with Gasteiger partial charge in [-0.3, -0.25) is 0 Å². The van der Waals surface area contributed by atoms with Crippen LogP contribution in [0.1, 0.15) is 31.2 Å². The summed E-state index contributed by atoms with van der Waals surface area (Å²) in [6.45, 7) is 4.19. The first-order valence-electron chi connectivity index (χ1n) is 7.51. The number of carbonyl (C=O) groups excluding carboxylic acids is 1. The number of anilines is 1. The van der Waals surface area contributed by atoms with Crippen LogP contribution in [-0.2, 0) is 9.84 Å². The fourth-order valence-corrected chi connectivity index (χ4v) is 5.21. The van der Waals surface area contributed by atoms with Crippen LogP contribution in [0, 0.1) is 0 Å². The molecular formula is C15H19N3O3S2. The third kappa shape index (κ3) is 3.81. The molecule has 2 amide bonds. The zero-order valence-electron chi connectivity index (χ0n) is 13.0. The predicted octanol–water partition coefficient (Wildman–Crippen LogP) is 2.73. The van der Waals surface area contributed by atoms with Gasteiger partial charge in [0.1, 0.15) is 0 Å². The van der Waals surface area contributed by atoms with Gasteiger partial charge in [0.2, 0.25) is 0 Å². The molecule has 3 rings (SSSR count). The normalized spacial score (nSPS) is 20.0. The minimum absolute atomic E-state index is 0.0199. The molecule has 8 heteroatoms. The van der Waals surface area contributed by atoms with Crippen LogP contribution in [0.3, 0.4) is 0 Å². The predicted molar refractivity (Wildman–Crippen MR) is 92.9 cm³/mol. The van der Waals surface area contributed by atoms with Gasteiger partial charge in [-0.25, -0.2) is 18.2 Å². The first-order valence-corrected chi connectivity index (χ1v) is 10.1. The van der Waals surface area contributed by atoms with Crippen molar-refractivity contribution in [3.8, 4) is 0 Å². The Morgan fingerprint density at radius 3 is 2.83 bits per heavy atom. The van der Waals surface area contributed by atoms with E-state index in [9.17, 15) is 13.2 Å². The van der Waals surface area contributed by atoms with Crippen LogP contribution in [0.15, 0.2) is 18.2 Å². The summed E-state index contributed by atoms with van der Waals surface area (Å²) in [4.78, 5) is 16.6. The van der Waals surface area contributed by atoms with Crippen molar-refractivity contribution in [2.24, 2.45) is 0 Å². The van der Waals surface area contributed by atoms with Gasteiger partial charge < -0.3 is 10.6 Å². The molecule has 0 saturated carbocycles. The molecule has 0 spiro atoms. The summed E-state index contributed by atoms with van der Waals surface area (Å²) in [5, 5.41) is 6.54. The van der Waals surface area contributed by atoms with E-state index in [1.807, 2.05) is 12.1 Å².